The molecule has 0 heterocycles. The Kier molecular flexibility index (Phi) is 5.96. The first-order valence-corrected chi connectivity index (χ1v) is 9.02. The van der Waals surface area contributed by atoms with Crippen molar-refractivity contribution in [2.75, 3.05) is 7.11 Å². The number of carboxylic acid groups (broad SMARTS) is 1. The lowest BCUT2D eigenvalue weighted by molar-refractivity contribution is -0.139. The lowest BCUT2D eigenvalue weighted by Gasteiger charge is -2.18. The third-order valence-electron chi connectivity index (χ3n) is 4.68. The van der Waals surface area contributed by atoms with Crippen LogP contribution in [0, 0.1) is 0 Å². The lowest BCUT2D eigenvalue weighted by Crippen LogP contribution is -2.33. The Balaban J connectivity index is 1.76. The van der Waals surface area contributed by atoms with E-state index in [1.165, 1.54) is 7.11 Å². The molecule has 142 valence electrons. The zero-order chi connectivity index (χ0) is 19.2. The number of hydrogen-bond acceptors (Lipinski definition) is 4. The van der Waals surface area contributed by atoms with Crippen LogP contribution >= 0.6 is 0 Å². The molecule has 1 aliphatic carbocycles. The molecule has 27 heavy (non-hydrogen) atoms. The van der Waals surface area contributed by atoms with Gasteiger partial charge in [-0.1, -0.05) is 30.3 Å². The highest BCUT2D eigenvalue weighted by Crippen LogP contribution is 2.32. The van der Waals surface area contributed by atoms with E-state index in [1.54, 1.807) is 48.5 Å². The van der Waals surface area contributed by atoms with Gasteiger partial charge in [0.2, 0.25) is 0 Å². The summed E-state index contributed by atoms with van der Waals surface area (Å²) < 4.78 is 11.3. The van der Waals surface area contributed by atoms with Crippen LogP contribution in [0.4, 0.5) is 0 Å². The van der Waals surface area contributed by atoms with Gasteiger partial charge in [0.1, 0.15) is 0 Å². The third kappa shape index (κ3) is 4.58. The molecule has 0 bridgehead atoms. The van der Waals surface area contributed by atoms with Crippen molar-refractivity contribution in [2.24, 2.45) is 0 Å². The normalized spacial score (nSPS) is 15.1. The molecule has 2 N–H and O–H groups in total. The van der Waals surface area contributed by atoms with Gasteiger partial charge in [-0.15, -0.1) is 0 Å². The quantitative estimate of drug-likeness (QED) is 0.779. The number of ether oxygens (including phenoxy) is 2. The topological polar surface area (TPSA) is 84.9 Å². The number of carbonyl (C=O) groups is 2. The van der Waals surface area contributed by atoms with Crippen molar-refractivity contribution in [2.45, 2.75) is 37.8 Å². The number of carbonyl (C=O) groups excluding carboxylic acids is 1. The summed E-state index contributed by atoms with van der Waals surface area (Å²) in [4.78, 5) is 24.2. The van der Waals surface area contributed by atoms with Crippen LogP contribution in [-0.4, -0.2) is 30.2 Å². The standard InChI is InChI=1S/C21H23NO5/c1-26-18-13-15(11-12-17(18)27-16-9-5-6-10-16)20(23)22-19(21(24)25)14-7-3-2-4-8-14/h2-4,7-8,11-13,16,19H,5-6,9-10H2,1H3,(H,22,23)(H,24,25)/t19-/m0/s1. The van der Waals surface area contributed by atoms with Crippen LogP contribution < -0.4 is 14.8 Å². The first kappa shape index (κ1) is 18.8. The summed E-state index contributed by atoms with van der Waals surface area (Å²) in [5, 5.41) is 12.0. The molecule has 2 aromatic rings. The average molecular weight is 369 g/mol. The summed E-state index contributed by atoms with van der Waals surface area (Å²) in [6.45, 7) is 0. The van der Waals surface area contributed by atoms with Gasteiger partial charge in [-0.2, -0.15) is 0 Å². The Morgan fingerprint density at radius 2 is 1.78 bits per heavy atom. The SMILES string of the molecule is COc1cc(C(=O)N[C@H](C(=O)O)c2ccccc2)ccc1OC1CCCC1. The number of amides is 1. The Labute approximate surface area is 158 Å². The molecule has 1 atom stereocenters. The highest BCUT2D eigenvalue weighted by atomic mass is 16.5. The van der Waals surface area contributed by atoms with Gasteiger partial charge >= 0.3 is 5.97 Å². The van der Waals surface area contributed by atoms with Crippen LogP contribution in [-0.2, 0) is 4.79 Å². The van der Waals surface area contributed by atoms with E-state index in [0.29, 0.717) is 22.6 Å². The highest BCUT2D eigenvalue weighted by molar-refractivity contribution is 5.97. The van der Waals surface area contributed by atoms with Gasteiger partial charge in [-0.05, 0) is 49.4 Å². The highest BCUT2D eigenvalue weighted by Gasteiger charge is 2.24. The van der Waals surface area contributed by atoms with Crippen molar-refractivity contribution >= 4 is 11.9 Å². The molecular formula is C21H23NO5. The Bertz CT molecular complexity index is 799. The Morgan fingerprint density at radius 1 is 1.07 bits per heavy atom. The van der Waals surface area contributed by atoms with Crippen molar-refractivity contribution < 1.29 is 24.2 Å². The second-order valence-corrected chi connectivity index (χ2v) is 6.55. The first-order chi connectivity index (χ1) is 13.1. The van der Waals surface area contributed by atoms with Gasteiger partial charge in [0, 0.05) is 5.56 Å². The molecule has 0 unspecified atom stereocenters. The second-order valence-electron chi connectivity index (χ2n) is 6.55. The zero-order valence-electron chi connectivity index (χ0n) is 15.2. The summed E-state index contributed by atoms with van der Waals surface area (Å²) in [7, 11) is 1.52. The molecule has 0 spiro atoms. The van der Waals surface area contributed by atoms with E-state index in [-0.39, 0.29) is 6.10 Å². The van der Waals surface area contributed by atoms with Gasteiger partial charge < -0.3 is 19.9 Å². The molecule has 2 aromatic carbocycles. The van der Waals surface area contributed by atoms with E-state index in [0.717, 1.165) is 25.7 Å². The summed E-state index contributed by atoms with van der Waals surface area (Å²) >= 11 is 0. The summed E-state index contributed by atoms with van der Waals surface area (Å²) in [6, 6.07) is 12.3. The van der Waals surface area contributed by atoms with Crippen LogP contribution in [0.5, 0.6) is 11.5 Å². The van der Waals surface area contributed by atoms with Crippen LogP contribution in [0.2, 0.25) is 0 Å². The van der Waals surface area contributed by atoms with E-state index < -0.39 is 17.9 Å². The molecule has 0 saturated heterocycles. The monoisotopic (exact) mass is 369 g/mol. The molecule has 0 aliphatic heterocycles. The number of benzene rings is 2. The molecule has 0 radical (unpaired) electrons. The molecule has 1 saturated carbocycles. The maximum atomic E-state index is 12.6. The molecule has 6 nitrogen and oxygen atoms in total. The van der Waals surface area contributed by atoms with E-state index in [9.17, 15) is 14.7 Å². The average Bonchev–Trinajstić information content (AvgIpc) is 3.19. The van der Waals surface area contributed by atoms with Crippen LogP contribution in [0.1, 0.15) is 47.6 Å². The summed E-state index contributed by atoms with van der Waals surface area (Å²) in [5.41, 5.74) is 0.819. The fraction of sp³-hybridized carbons (Fsp3) is 0.333. The molecule has 1 amide bonds. The number of aliphatic carboxylic acids is 1. The molecular weight excluding hydrogens is 346 g/mol. The van der Waals surface area contributed by atoms with E-state index in [4.69, 9.17) is 9.47 Å². The molecule has 1 aliphatic rings. The maximum Gasteiger partial charge on any atom is 0.330 e. The van der Waals surface area contributed by atoms with Crippen molar-refractivity contribution in [1.82, 2.24) is 5.32 Å². The number of carboxylic acids is 1. The molecule has 0 aromatic heterocycles. The zero-order valence-corrected chi connectivity index (χ0v) is 15.2. The maximum absolute atomic E-state index is 12.6. The van der Waals surface area contributed by atoms with Gasteiger partial charge in [-0.3, -0.25) is 4.79 Å². The Morgan fingerprint density at radius 3 is 2.41 bits per heavy atom. The van der Waals surface area contributed by atoms with Crippen molar-refractivity contribution in [1.29, 1.82) is 0 Å². The third-order valence-corrected chi connectivity index (χ3v) is 4.68. The summed E-state index contributed by atoms with van der Waals surface area (Å²) in [6.07, 6.45) is 4.52. The van der Waals surface area contributed by atoms with E-state index in [1.807, 2.05) is 0 Å². The minimum absolute atomic E-state index is 0.174. The number of hydrogen-bond donors (Lipinski definition) is 2. The van der Waals surface area contributed by atoms with Crippen LogP contribution in [0.3, 0.4) is 0 Å². The van der Waals surface area contributed by atoms with Gasteiger partial charge in [-0.25, -0.2) is 4.79 Å². The van der Waals surface area contributed by atoms with Gasteiger partial charge in [0.15, 0.2) is 17.5 Å². The predicted octanol–water partition coefficient (Wildman–Crippen LogP) is 3.57. The fourth-order valence-corrected chi connectivity index (χ4v) is 3.24. The van der Waals surface area contributed by atoms with E-state index >= 15 is 0 Å². The number of methoxy groups -OCH3 is 1. The van der Waals surface area contributed by atoms with E-state index in [2.05, 4.69) is 5.32 Å². The van der Waals surface area contributed by atoms with Crippen molar-refractivity contribution in [3.63, 3.8) is 0 Å². The van der Waals surface area contributed by atoms with Crippen LogP contribution in [0.15, 0.2) is 48.5 Å². The fourth-order valence-electron chi connectivity index (χ4n) is 3.24. The predicted molar refractivity (Wildman–Crippen MR) is 100 cm³/mol. The minimum Gasteiger partial charge on any atom is -0.493 e. The molecule has 6 heteroatoms. The van der Waals surface area contributed by atoms with Crippen LogP contribution in [0.25, 0.3) is 0 Å². The lowest BCUT2D eigenvalue weighted by atomic mass is 10.1. The molecule has 3 rings (SSSR count). The summed E-state index contributed by atoms with van der Waals surface area (Å²) in [5.74, 6) is -0.556. The smallest absolute Gasteiger partial charge is 0.330 e. The second kappa shape index (κ2) is 8.58. The minimum atomic E-state index is -1.13. The van der Waals surface area contributed by atoms with Crippen molar-refractivity contribution in [3.8, 4) is 11.5 Å². The van der Waals surface area contributed by atoms with Gasteiger partial charge in [0.05, 0.1) is 13.2 Å². The van der Waals surface area contributed by atoms with Gasteiger partial charge in [0.25, 0.3) is 5.91 Å². The molecule has 1 fully saturated rings. The first-order valence-electron chi connectivity index (χ1n) is 9.02. The number of rotatable bonds is 7. The van der Waals surface area contributed by atoms with Crippen molar-refractivity contribution in [3.05, 3.63) is 59.7 Å². The largest absolute Gasteiger partial charge is 0.493 e. The Hall–Kier alpha value is -3.02. The number of nitrogens with one attached hydrogen (secondary N) is 1.